The number of nitriles is 8. The first kappa shape index (κ1) is 35.3. The van der Waals surface area contributed by atoms with Gasteiger partial charge in [0.15, 0.2) is 0 Å². The third kappa shape index (κ3) is 5.36. The van der Waals surface area contributed by atoms with Crippen molar-refractivity contribution in [3.63, 3.8) is 0 Å². The van der Waals surface area contributed by atoms with E-state index in [2.05, 4.69) is 0 Å². The molecule has 10 heteroatoms. The second-order valence-electron chi connectivity index (χ2n) is 12.4. The predicted molar refractivity (Wildman–Crippen MR) is 201 cm³/mol. The number of hydrogen-bond donors (Lipinski definition) is 0. The maximum atomic E-state index is 18.0. The monoisotopic (exact) mass is 718 g/mol. The summed E-state index contributed by atoms with van der Waals surface area (Å²) in [7, 11) is 0. The van der Waals surface area contributed by atoms with E-state index in [4.69, 9.17) is 0 Å². The Bertz CT molecular complexity index is 2830. The van der Waals surface area contributed by atoms with Crippen LogP contribution in [0.3, 0.4) is 0 Å². The van der Waals surface area contributed by atoms with E-state index < -0.39 is 33.9 Å². The molecule has 0 unspecified atom stereocenters. The first-order valence-corrected chi connectivity index (χ1v) is 16.5. The van der Waals surface area contributed by atoms with Gasteiger partial charge in [-0.1, -0.05) is 60.7 Å². The number of rotatable bonds is 4. The third-order valence-electron chi connectivity index (χ3n) is 9.41. The zero-order valence-electron chi connectivity index (χ0n) is 28.6. The standard InChI is InChI=1S/C46H16F2N8/c47-45-41-35(23-55)37(29-7-3-1-4-8-29)39(33(21-53)31-13-25(17-49)11-26(14-31)18-50)43(41)46(48)42-36(24-56)38(30-9-5-2-6-10-30)40(44(42)45)34(22-54)32-15-27(19-51)12-28(16-32)20-52/h1-16H/b39-33+,40-34+. The van der Waals surface area contributed by atoms with Gasteiger partial charge in [-0.25, -0.2) is 8.78 Å². The minimum Gasteiger partial charge on any atom is -0.206 e. The molecule has 0 N–H and O–H groups in total. The Morgan fingerprint density at radius 1 is 0.393 bits per heavy atom. The van der Waals surface area contributed by atoms with Crippen LogP contribution in [0.4, 0.5) is 8.78 Å². The summed E-state index contributed by atoms with van der Waals surface area (Å²) in [5, 5.41) is 82.1. The van der Waals surface area contributed by atoms with Crippen molar-refractivity contribution in [2.24, 2.45) is 0 Å². The van der Waals surface area contributed by atoms with Gasteiger partial charge in [0.05, 0.1) is 68.8 Å². The average Bonchev–Trinajstić information content (AvgIpc) is 3.78. The van der Waals surface area contributed by atoms with E-state index in [0.29, 0.717) is 11.1 Å². The summed E-state index contributed by atoms with van der Waals surface area (Å²) in [5.74, 6) is -2.34. The summed E-state index contributed by atoms with van der Waals surface area (Å²) in [6, 6.07) is 40.0. The molecule has 7 rings (SSSR count). The molecule has 0 spiro atoms. The van der Waals surface area contributed by atoms with Crippen molar-refractivity contribution in [3.05, 3.63) is 175 Å². The first-order valence-electron chi connectivity index (χ1n) is 16.5. The molecule has 0 saturated heterocycles. The van der Waals surface area contributed by atoms with Gasteiger partial charge in [-0.05, 0) is 58.7 Å². The predicted octanol–water partition coefficient (Wildman–Crippen LogP) is 9.22. The molecule has 254 valence electrons. The Morgan fingerprint density at radius 2 is 0.714 bits per heavy atom. The fourth-order valence-electron chi connectivity index (χ4n) is 7.22. The SMILES string of the molecule is N#CC1=C(c2ccccc2)/C(=C(/C#N)c2cc(C#N)cc(C#N)c2)c2c(F)c3c(c(F)c21)/C(=C(\C#N)c1cc(C#N)cc(C#N)c1)C(c1ccccc1)=C3C#N. The van der Waals surface area contributed by atoms with Crippen molar-refractivity contribution in [3.8, 4) is 48.6 Å². The average molecular weight is 719 g/mol. The molecule has 0 fully saturated rings. The lowest BCUT2D eigenvalue weighted by Gasteiger charge is -2.16. The number of allylic oxidation sites excluding steroid dienone is 8. The Balaban J connectivity index is 1.73. The number of nitrogens with zero attached hydrogens (tertiary/aromatic N) is 8. The van der Waals surface area contributed by atoms with Crippen LogP contribution in [-0.4, -0.2) is 0 Å². The molecule has 0 aromatic heterocycles. The molecule has 0 bridgehead atoms. The van der Waals surface area contributed by atoms with Gasteiger partial charge < -0.3 is 0 Å². The lowest BCUT2D eigenvalue weighted by Crippen LogP contribution is -2.05. The Kier molecular flexibility index (Phi) is 8.88. The maximum Gasteiger partial charge on any atom is 0.141 e. The van der Waals surface area contributed by atoms with Gasteiger partial charge in [-0.2, -0.15) is 42.1 Å². The van der Waals surface area contributed by atoms with Gasteiger partial charge in [0.1, 0.15) is 35.9 Å². The van der Waals surface area contributed by atoms with Gasteiger partial charge >= 0.3 is 0 Å². The number of benzene rings is 5. The van der Waals surface area contributed by atoms with Crippen LogP contribution >= 0.6 is 0 Å². The van der Waals surface area contributed by atoms with Crippen molar-refractivity contribution >= 4 is 44.6 Å². The van der Waals surface area contributed by atoms with Crippen molar-refractivity contribution in [2.75, 3.05) is 0 Å². The number of fused-ring (bicyclic) bond motifs is 2. The number of hydrogen-bond acceptors (Lipinski definition) is 8. The van der Waals surface area contributed by atoms with E-state index in [0.717, 1.165) is 0 Å². The summed E-state index contributed by atoms with van der Waals surface area (Å²) >= 11 is 0. The van der Waals surface area contributed by atoms with E-state index >= 15 is 8.78 Å². The maximum absolute atomic E-state index is 18.0. The highest BCUT2D eigenvalue weighted by Gasteiger charge is 2.44. The fraction of sp³-hybridized carbons (Fsp3) is 0. The Hall–Kier alpha value is -9.16. The van der Waals surface area contributed by atoms with E-state index in [-0.39, 0.29) is 78.0 Å². The number of halogens is 2. The van der Waals surface area contributed by atoms with Crippen LogP contribution in [0.5, 0.6) is 0 Å². The van der Waals surface area contributed by atoms with Crippen LogP contribution in [0, 0.1) is 102 Å². The molecule has 5 aromatic carbocycles. The minimum atomic E-state index is -1.17. The highest BCUT2D eigenvalue weighted by atomic mass is 19.1. The van der Waals surface area contributed by atoms with E-state index in [1.165, 1.54) is 36.4 Å². The summed E-state index contributed by atoms with van der Waals surface area (Å²) in [5.41, 5.74) is -3.08. The van der Waals surface area contributed by atoms with Crippen molar-refractivity contribution in [2.45, 2.75) is 0 Å². The second kappa shape index (κ2) is 14.1. The highest BCUT2D eigenvalue weighted by molar-refractivity contribution is 6.34. The molecule has 0 heterocycles. The second-order valence-corrected chi connectivity index (χ2v) is 12.4. The van der Waals surface area contributed by atoms with E-state index in [1.807, 2.05) is 48.6 Å². The molecular formula is C46H16F2N8. The minimum absolute atomic E-state index is 0.0120. The lowest BCUT2D eigenvalue weighted by atomic mass is 9.86. The van der Waals surface area contributed by atoms with Gasteiger partial charge in [-0.3, -0.25) is 0 Å². The highest BCUT2D eigenvalue weighted by Crippen LogP contribution is 2.58. The molecule has 0 atom stereocenters. The topological polar surface area (TPSA) is 190 Å². The zero-order chi connectivity index (χ0) is 39.7. The molecular weight excluding hydrogens is 703 g/mol. The summed E-state index contributed by atoms with van der Waals surface area (Å²) < 4.78 is 36.0. The smallest absolute Gasteiger partial charge is 0.141 e. The molecule has 0 saturated carbocycles. The van der Waals surface area contributed by atoms with Crippen LogP contribution in [0.25, 0.3) is 44.6 Å². The molecule has 0 aliphatic heterocycles. The molecule has 56 heavy (non-hydrogen) atoms. The van der Waals surface area contributed by atoms with Gasteiger partial charge in [0.2, 0.25) is 0 Å². The first-order chi connectivity index (χ1) is 27.3. The summed E-state index contributed by atoms with van der Waals surface area (Å²) in [4.78, 5) is 0. The molecule has 0 radical (unpaired) electrons. The van der Waals surface area contributed by atoms with Gasteiger partial charge in [-0.15, -0.1) is 0 Å². The van der Waals surface area contributed by atoms with Crippen LogP contribution in [0.2, 0.25) is 0 Å². The molecule has 2 aliphatic carbocycles. The van der Waals surface area contributed by atoms with Gasteiger partial charge in [0, 0.05) is 44.5 Å². The Labute approximate surface area is 318 Å². The summed E-state index contributed by atoms with van der Waals surface area (Å²) in [6.07, 6.45) is 0. The zero-order valence-corrected chi connectivity index (χ0v) is 28.6. The van der Waals surface area contributed by atoms with E-state index in [9.17, 15) is 42.1 Å². The van der Waals surface area contributed by atoms with Crippen molar-refractivity contribution in [1.29, 1.82) is 42.1 Å². The quantitative estimate of drug-likeness (QED) is 0.164. The van der Waals surface area contributed by atoms with E-state index in [1.54, 1.807) is 60.7 Å². The van der Waals surface area contributed by atoms with Gasteiger partial charge in [0.25, 0.3) is 0 Å². The molecule has 8 nitrogen and oxygen atoms in total. The Morgan fingerprint density at radius 3 is 0.982 bits per heavy atom. The fourth-order valence-corrected chi connectivity index (χ4v) is 7.22. The normalized spacial score (nSPS) is 14.0. The van der Waals surface area contributed by atoms with Crippen molar-refractivity contribution in [1.82, 2.24) is 0 Å². The largest absolute Gasteiger partial charge is 0.206 e. The van der Waals surface area contributed by atoms with Crippen LogP contribution in [-0.2, 0) is 0 Å². The third-order valence-corrected chi connectivity index (χ3v) is 9.41. The van der Waals surface area contributed by atoms with Crippen LogP contribution in [0.1, 0.15) is 66.8 Å². The van der Waals surface area contributed by atoms with Crippen molar-refractivity contribution < 1.29 is 8.78 Å². The van der Waals surface area contributed by atoms with Crippen LogP contribution in [0.15, 0.2) is 97.1 Å². The molecule has 5 aromatic rings. The molecule has 0 amide bonds. The molecule has 2 aliphatic rings. The van der Waals surface area contributed by atoms with Crippen LogP contribution < -0.4 is 0 Å². The summed E-state index contributed by atoms with van der Waals surface area (Å²) in [6.45, 7) is 0. The lowest BCUT2D eigenvalue weighted by molar-refractivity contribution is 0.590.